The zero-order valence-electron chi connectivity index (χ0n) is 15.3. The van der Waals surface area contributed by atoms with Crippen LogP contribution in [-0.4, -0.2) is 47.9 Å². The van der Waals surface area contributed by atoms with Crippen LogP contribution in [0.4, 0.5) is 10.5 Å². The van der Waals surface area contributed by atoms with Crippen LogP contribution in [0.15, 0.2) is 24.3 Å². The molecule has 5 nitrogen and oxygen atoms in total. The topological polar surface area (TPSA) is 52.7 Å². The van der Waals surface area contributed by atoms with Crippen molar-refractivity contribution in [3.63, 3.8) is 0 Å². The maximum Gasteiger partial charge on any atom is 0.321 e. The summed E-state index contributed by atoms with van der Waals surface area (Å²) in [6.45, 7) is 3.33. The molecule has 1 unspecified atom stereocenters. The summed E-state index contributed by atoms with van der Waals surface area (Å²) in [5, 5.41) is 3.58. The Morgan fingerprint density at radius 2 is 1.69 bits per heavy atom. The monoisotopic (exact) mass is 377 g/mol. The largest absolute Gasteiger partial charge is 0.343 e. The minimum Gasteiger partial charge on any atom is -0.343 e. The van der Waals surface area contributed by atoms with E-state index in [1.807, 2.05) is 9.80 Å². The molecule has 0 aliphatic carbocycles. The fourth-order valence-electron chi connectivity index (χ4n) is 3.85. The van der Waals surface area contributed by atoms with Crippen molar-refractivity contribution >= 4 is 29.2 Å². The number of nitrogens with zero attached hydrogens (tertiary/aromatic N) is 2. The van der Waals surface area contributed by atoms with Crippen molar-refractivity contribution in [3.8, 4) is 0 Å². The summed E-state index contributed by atoms with van der Waals surface area (Å²) in [6, 6.07) is 7.07. The fraction of sp³-hybridized carbons (Fsp3) is 0.600. The number of amides is 3. The van der Waals surface area contributed by atoms with E-state index in [9.17, 15) is 9.59 Å². The number of carbonyl (C=O) groups excluding carboxylic acids is 2. The first-order valence-electron chi connectivity index (χ1n) is 9.71. The van der Waals surface area contributed by atoms with E-state index in [0.29, 0.717) is 17.4 Å². The van der Waals surface area contributed by atoms with Crippen molar-refractivity contribution in [1.29, 1.82) is 0 Å². The van der Waals surface area contributed by atoms with Gasteiger partial charge >= 0.3 is 6.03 Å². The normalized spacial score (nSPS) is 20.7. The maximum atomic E-state index is 12.5. The predicted molar refractivity (Wildman–Crippen MR) is 104 cm³/mol. The molecule has 0 bridgehead atoms. The molecule has 1 N–H and O–H groups in total. The second-order valence-corrected chi connectivity index (χ2v) is 7.81. The number of piperidine rings is 2. The van der Waals surface area contributed by atoms with Crippen LogP contribution >= 0.6 is 11.6 Å². The highest BCUT2D eigenvalue weighted by molar-refractivity contribution is 6.30. The number of likely N-dealkylation sites (tertiary alicyclic amines) is 2. The number of hydrogen-bond acceptors (Lipinski definition) is 2. The number of benzene rings is 1. The second-order valence-electron chi connectivity index (χ2n) is 7.37. The molecule has 1 aromatic carbocycles. The van der Waals surface area contributed by atoms with Gasteiger partial charge in [0.2, 0.25) is 5.91 Å². The van der Waals surface area contributed by atoms with Crippen LogP contribution in [0.3, 0.4) is 0 Å². The minimum atomic E-state index is -0.0700. The highest BCUT2D eigenvalue weighted by Gasteiger charge is 2.25. The van der Waals surface area contributed by atoms with E-state index in [0.717, 1.165) is 64.0 Å². The molecule has 6 heteroatoms. The zero-order chi connectivity index (χ0) is 18.4. The lowest BCUT2D eigenvalue weighted by Crippen LogP contribution is -2.42. The average molecular weight is 378 g/mol. The molecule has 1 aromatic rings. The lowest BCUT2D eigenvalue weighted by Gasteiger charge is -2.33. The molecule has 0 aromatic heterocycles. The van der Waals surface area contributed by atoms with Crippen LogP contribution < -0.4 is 5.32 Å². The van der Waals surface area contributed by atoms with Gasteiger partial charge in [-0.15, -0.1) is 0 Å². The molecule has 0 spiro atoms. The Morgan fingerprint density at radius 3 is 2.42 bits per heavy atom. The molecular formula is C20H28ClN3O2. The highest BCUT2D eigenvalue weighted by atomic mass is 35.5. The van der Waals surface area contributed by atoms with Gasteiger partial charge in [-0.25, -0.2) is 4.79 Å². The lowest BCUT2D eigenvalue weighted by atomic mass is 9.93. The van der Waals surface area contributed by atoms with Crippen molar-refractivity contribution < 1.29 is 9.59 Å². The van der Waals surface area contributed by atoms with E-state index >= 15 is 0 Å². The van der Waals surface area contributed by atoms with Gasteiger partial charge in [0.15, 0.2) is 0 Å². The minimum absolute atomic E-state index is 0.0700. The van der Waals surface area contributed by atoms with Crippen LogP contribution in [0, 0.1) is 5.92 Å². The fourth-order valence-corrected chi connectivity index (χ4v) is 3.98. The predicted octanol–water partition coefficient (Wildman–Crippen LogP) is 4.38. The standard InChI is InChI=1S/C20H28ClN3O2/c21-17-7-9-18(10-8-17)22-20(26)24-14-4-5-16(15-24)6-11-19(25)23-12-2-1-3-13-23/h7-10,16H,1-6,11-15H2,(H,22,26). The Kier molecular flexibility index (Phi) is 6.78. The summed E-state index contributed by atoms with van der Waals surface area (Å²) in [4.78, 5) is 28.7. The van der Waals surface area contributed by atoms with Crippen molar-refractivity contribution in [2.75, 3.05) is 31.5 Å². The SMILES string of the molecule is O=C(CCC1CCCN(C(=O)Nc2ccc(Cl)cc2)C1)N1CCCCC1. The summed E-state index contributed by atoms with van der Waals surface area (Å²) < 4.78 is 0. The van der Waals surface area contributed by atoms with E-state index in [1.54, 1.807) is 24.3 Å². The number of halogens is 1. The Labute approximate surface area is 160 Å². The zero-order valence-corrected chi connectivity index (χ0v) is 16.0. The maximum absolute atomic E-state index is 12.5. The Balaban J connectivity index is 1.45. The molecule has 0 saturated carbocycles. The van der Waals surface area contributed by atoms with Crippen LogP contribution in [-0.2, 0) is 4.79 Å². The van der Waals surface area contributed by atoms with E-state index in [2.05, 4.69) is 5.32 Å². The van der Waals surface area contributed by atoms with Gasteiger partial charge < -0.3 is 15.1 Å². The molecule has 2 fully saturated rings. The molecule has 2 aliphatic heterocycles. The van der Waals surface area contributed by atoms with Crippen LogP contribution in [0.25, 0.3) is 0 Å². The summed E-state index contributed by atoms with van der Waals surface area (Å²) in [5.74, 6) is 0.695. The Morgan fingerprint density at radius 1 is 1.00 bits per heavy atom. The van der Waals surface area contributed by atoms with Crippen molar-refractivity contribution in [2.24, 2.45) is 5.92 Å². The van der Waals surface area contributed by atoms with Crippen molar-refractivity contribution in [3.05, 3.63) is 29.3 Å². The third-order valence-corrected chi connectivity index (χ3v) is 5.63. The summed E-state index contributed by atoms with van der Waals surface area (Å²) in [5.41, 5.74) is 0.752. The lowest BCUT2D eigenvalue weighted by molar-refractivity contribution is -0.132. The molecule has 26 heavy (non-hydrogen) atoms. The average Bonchev–Trinajstić information content (AvgIpc) is 2.69. The first-order chi connectivity index (χ1) is 12.6. The number of anilines is 1. The van der Waals surface area contributed by atoms with E-state index in [-0.39, 0.29) is 11.9 Å². The van der Waals surface area contributed by atoms with Gasteiger partial charge in [0.1, 0.15) is 0 Å². The van der Waals surface area contributed by atoms with E-state index in [4.69, 9.17) is 11.6 Å². The molecular weight excluding hydrogens is 350 g/mol. The molecule has 3 amide bonds. The molecule has 1 atom stereocenters. The van der Waals surface area contributed by atoms with E-state index < -0.39 is 0 Å². The number of nitrogens with one attached hydrogen (secondary N) is 1. The molecule has 3 rings (SSSR count). The third-order valence-electron chi connectivity index (χ3n) is 5.38. The number of carbonyl (C=O) groups is 2. The Hall–Kier alpha value is -1.75. The van der Waals surface area contributed by atoms with Gasteiger partial charge in [0.25, 0.3) is 0 Å². The number of hydrogen-bond donors (Lipinski definition) is 1. The quantitative estimate of drug-likeness (QED) is 0.846. The van der Waals surface area contributed by atoms with Gasteiger partial charge in [0, 0.05) is 43.3 Å². The van der Waals surface area contributed by atoms with Crippen LogP contribution in [0.2, 0.25) is 5.02 Å². The summed E-state index contributed by atoms with van der Waals surface area (Å²) in [6.07, 6.45) is 7.08. The van der Waals surface area contributed by atoms with Crippen LogP contribution in [0.5, 0.6) is 0 Å². The molecule has 0 radical (unpaired) electrons. The van der Waals surface area contributed by atoms with Gasteiger partial charge in [-0.1, -0.05) is 11.6 Å². The second kappa shape index (κ2) is 9.26. The molecule has 2 saturated heterocycles. The molecule has 2 aliphatic rings. The van der Waals surface area contributed by atoms with Crippen molar-refractivity contribution in [2.45, 2.75) is 44.9 Å². The number of rotatable bonds is 4. The Bertz CT molecular complexity index is 614. The third kappa shape index (κ3) is 5.37. The van der Waals surface area contributed by atoms with Gasteiger partial charge in [-0.2, -0.15) is 0 Å². The van der Waals surface area contributed by atoms with Gasteiger partial charge in [0.05, 0.1) is 0 Å². The van der Waals surface area contributed by atoms with Crippen molar-refractivity contribution in [1.82, 2.24) is 9.80 Å². The molecule has 2 heterocycles. The first-order valence-corrected chi connectivity index (χ1v) is 10.1. The smallest absolute Gasteiger partial charge is 0.321 e. The highest BCUT2D eigenvalue weighted by Crippen LogP contribution is 2.23. The number of urea groups is 1. The summed E-state index contributed by atoms with van der Waals surface area (Å²) >= 11 is 5.88. The van der Waals surface area contributed by atoms with Gasteiger partial charge in [-0.05, 0) is 68.7 Å². The van der Waals surface area contributed by atoms with Crippen LogP contribution in [0.1, 0.15) is 44.9 Å². The summed E-state index contributed by atoms with van der Waals surface area (Å²) in [7, 11) is 0. The first kappa shape index (κ1) is 19.0. The van der Waals surface area contributed by atoms with E-state index in [1.165, 1.54) is 6.42 Å². The molecule has 142 valence electrons. The van der Waals surface area contributed by atoms with Gasteiger partial charge in [-0.3, -0.25) is 4.79 Å².